The zero-order chi connectivity index (χ0) is 13.3. The van der Waals surface area contributed by atoms with E-state index in [9.17, 15) is 4.79 Å². The number of ether oxygens (including phenoxy) is 1. The Bertz CT molecular complexity index is 454. The van der Waals surface area contributed by atoms with E-state index in [1.54, 1.807) is 0 Å². The number of hydrogen-bond donors (Lipinski definition) is 1. The Morgan fingerprint density at radius 2 is 2.11 bits per heavy atom. The highest BCUT2D eigenvalue weighted by Gasteiger charge is 2.30. The van der Waals surface area contributed by atoms with Gasteiger partial charge in [-0.1, -0.05) is 32.9 Å². The Hall–Kier alpha value is -1.51. The minimum atomic E-state index is -0.0400. The van der Waals surface area contributed by atoms with Crippen LogP contribution in [0.5, 0.6) is 5.75 Å². The number of benzene rings is 1. The molecule has 1 aliphatic heterocycles. The summed E-state index contributed by atoms with van der Waals surface area (Å²) in [7, 11) is 0. The molecule has 18 heavy (non-hydrogen) atoms. The summed E-state index contributed by atoms with van der Waals surface area (Å²) < 4.78 is 5.82. The molecule has 0 bridgehead atoms. The average Bonchev–Trinajstić information content (AvgIpc) is 2.62. The molecule has 3 heteroatoms. The lowest BCUT2D eigenvalue weighted by molar-refractivity contribution is 0.0944. The summed E-state index contributed by atoms with van der Waals surface area (Å²) in [5.74, 6) is 1.52. The Morgan fingerprint density at radius 3 is 2.78 bits per heavy atom. The van der Waals surface area contributed by atoms with E-state index >= 15 is 0 Å². The molecule has 1 aromatic rings. The third-order valence-corrected chi connectivity index (χ3v) is 3.46. The van der Waals surface area contributed by atoms with Crippen LogP contribution in [0.1, 0.15) is 49.5 Å². The minimum absolute atomic E-state index is 0.0400. The number of hydrogen-bond acceptors (Lipinski definition) is 2. The largest absolute Gasteiger partial charge is 0.489 e. The molecule has 1 aliphatic rings. The van der Waals surface area contributed by atoms with Gasteiger partial charge in [0.2, 0.25) is 0 Å². The predicted octanol–water partition coefficient (Wildman–Crippen LogP) is 2.96. The van der Waals surface area contributed by atoms with Crippen molar-refractivity contribution in [2.45, 2.75) is 39.7 Å². The smallest absolute Gasteiger partial charge is 0.255 e. The molecule has 0 aliphatic carbocycles. The van der Waals surface area contributed by atoms with Gasteiger partial charge in [-0.25, -0.2) is 0 Å². The number of para-hydroxylation sites is 1. The molecule has 2 atom stereocenters. The monoisotopic (exact) mass is 247 g/mol. The summed E-state index contributed by atoms with van der Waals surface area (Å²) in [5, 5.41) is 2.94. The summed E-state index contributed by atoms with van der Waals surface area (Å²) in [6.45, 7) is 9.02. The predicted molar refractivity (Wildman–Crippen MR) is 72.1 cm³/mol. The van der Waals surface area contributed by atoms with Crippen LogP contribution < -0.4 is 10.1 Å². The molecular weight excluding hydrogens is 226 g/mol. The second kappa shape index (κ2) is 5.01. The van der Waals surface area contributed by atoms with Gasteiger partial charge in [-0.05, 0) is 18.9 Å². The van der Waals surface area contributed by atoms with Crippen molar-refractivity contribution in [1.29, 1.82) is 0 Å². The molecule has 1 heterocycles. The van der Waals surface area contributed by atoms with Gasteiger partial charge in [0, 0.05) is 18.0 Å². The number of carbonyl (C=O) groups excluding carboxylic acids is 1. The van der Waals surface area contributed by atoms with Crippen molar-refractivity contribution in [3.63, 3.8) is 0 Å². The Labute approximate surface area is 109 Å². The fraction of sp³-hybridized carbons (Fsp3) is 0.533. The van der Waals surface area contributed by atoms with Crippen LogP contribution >= 0.6 is 0 Å². The van der Waals surface area contributed by atoms with Crippen LogP contribution in [-0.2, 0) is 0 Å². The minimum Gasteiger partial charge on any atom is -0.489 e. The molecule has 1 aromatic carbocycles. The average molecular weight is 247 g/mol. The molecule has 1 N–H and O–H groups in total. The van der Waals surface area contributed by atoms with Gasteiger partial charge in [0.1, 0.15) is 11.9 Å². The van der Waals surface area contributed by atoms with Crippen molar-refractivity contribution >= 4 is 5.91 Å². The van der Waals surface area contributed by atoms with Crippen LogP contribution in [0.2, 0.25) is 0 Å². The molecule has 0 radical (unpaired) electrons. The summed E-state index contributed by atoms with van der Waals surface area (Å²) in [5.41, 5.74) is 1.80. The molecule has 0 aromatic heterocycles. The third-order valence-electron chi connectivity index (χ3n) is 3.46. The van der Waals surface area contributed by atoms with Gasteiger partial charge in [-0.3, -0.25) is 4.79 Å². The standard InChI is InChI=1S/C15H21NO2/c1-9(2)8-16-15(17)13-7-5-6-12-10(3)11(4)18-14(12)13/h5-7,9-11H,8H2,1-4H3,(H,16,17). The molecule has 0 saturated heterocycles. The topological polar surface area (TPSA) is 38.3 Å². The number of amides is 1. The molecule has 2 unspecified atom stereocenters. The highest BCUT2D eigenvalue weighted by atomic mass is 16.5. The van der Waals surface area contributed by atoms with E-state index in [4.69, 9.17) is 4.74 Å². The van der Waals surface area contributed by atoms with Crippen LogP contribution in [0, 0.1) is 5.92 Å². The number of fused-ring (bicyclic) bond motifs is 1. The van der Waals surface area contributed by atoms with E-state index in [1.807, 2.05) is 25.1 Å². The lowest BCUT2D eigenvalue weighted by Gasteiger charge is -2.11. The molecule has 0 fully saturated rings. The first-order valence-electron chi connectivity index (χ1n) is 6.58. The van der Waals surface area contributed by atoms with Crippen molar-refractivity contribution in [3.8, 4) is 5.75 Å². The first-order valence-corrected chi connectivity index (χ1v) is 6.58. The lowest BCUT2D eigenvalue weighted by atomic mass is 9.97. The van der Waals surface area contributed by atoms with E-state index in [0.717, 1.165) is 11.3 Å². The maximum absolute atomic E-state index is 12.1. The first kappa shape index (κ1) is 12.9. The second-order valence-corrected chi connectivity index (χ2v) is 5.44. The van der Waals surface area contributed by atoms with Crippen LogP contribution in [-0.4, -0.2) is 18.6 Å². The maximum atomic E-state index is 12.1. The van der Waals surface area contributed by atoms with Crippen LogP contribution in [0.15, 0.2) is 18.2 Å². The van der Waals surface area contributed by atoms with Crippen molar-refractivity contribution in [3.05, 3.63) is 29.3 Å². The van der Waals surface area contributed by atoms with Gasteiger partial charge >= 0.3 is 0 Å². The fourth-order valence-electron chi connectivity index (χ4n) is 2.16. The lowest BCUT2D eigenvalue weighted by Crippen LogP contribution is -2.27. The van der Waals surface area contributed by atoms with Gasteiger partial charge in [0.15, 0.2) is 0 Å². The summed E-state index contributed by atoms with van der Waals surface area (Å²) in [4.78, 5) is 12.1. The molecule has 0 saturated carbocycles. The summed E-state index contributed by atoms with van der Waals surface area (Å²) in [6.07, 6.45) is 0.138. The highest BCUT2D eigenvalue weighted by molar-refractivity contribution is 5.97. The molecule has 0 spiro atoms. The SMILES string of the molecule is CC(C)CNC(=O)c1cccc2c1OC(C)C2C. The van der Waals surface area contributed by atoms with Crippen LogP contribution in [0.3, 0.4) is 0 Å². The van der Waals surface area contributed by atoms with Crippen molar-refractivity contribution in [2.75, 3.05) is 6.54 Å². The molecule has 98 valence electrons. The Kier molecular flexibility index (Phi) is 3.60. The van der Waals surface area contributed by atoms with Gasteiger partial charge < -0.3 is 10.1 Å². The zero-order valence-corrected chi connectivity index (χ0v) is 11.5. The summed E-state index contributed by atoms with van der Waals surface area (Å²) in [6, 6.07) is 5.81. The maximum Gasteiger partial charge on any atom is 0.255 e. The molecule has 1 amide bonds. The molecule has 2 rings (SSSR count). The molecular formula is C15H21NO2. The normalized spacial score (nSPS) is 21.6. The Balaban J connectivity index is 2.23. The summed E-state index contributed by atoms with van der Waals surface area (Å²) >= 11 is 0. The van der Waals surface area contributed by atoms with Crippen LogP contribution in [0.4, 0.5) is 0 Å². The van der Waals surface area contributed by atoms with E-state index in [-0.39, 0.29) is 12.0 Å². The van der Waals surface area contributed by atoms with Crippen LogP contribution in [0.25, 0.3) is 0 Å². The van der Waals surface area contributed by atoms with Crippen molar-refractivity contribution in [1.82, 2.24) is 5.32 Å². The Morgan fingerprint density at radius 1 is 1.39 bits per heavy atom. The van der Waals surface area contributed by atoms with Gasteiger partial charge in [0.25, 0.3) is 5.91 Å². The first-order chi connectivity index (χ1) is 8.50. The van der Waals surface area contributed by atoms with Gasteiger partial charge in [-0.2, -0.15) is 0 Å². The van der Waals surface area contributed by atoms with E-state index in [0.29, 0.717) is 23.9 Å². The van der Waals surface area contributed by atoms with E-state index in [2.05, 4.69) is 26.1 Å². The van der Waals surface area contributed by atoms with Crippen molar-refractivity contribution in [2.24, 2.45) is 5.92 Å². The second-order valence-electron chi connectivity index (χ2n) is 5.44. The number of carbonyl (C=O) groups is 1. The third kappa shape index (κ3) is 2.35. The van der Waals surface area contributed by atoms with E-state index < -0.39 is 0 Å². The number of rotatable bonds is 3. The van der Waals surface area contributed by atoms with Gasteiger partial charge in [0.05, 0.1) is 5.56 Å². The molecule has 3 nitrogen and oxygen atoms in total. The van der Waals surface area contributed by atoms with Gasteiger partial charge in [-0.15, -0.1) is 0 Å². The van der Waals surface area contributed by atoms with Crippen molar-refractivity contribution < 1.29 is 9.53 Å². The quantitative estimate of drug-likeness (QED) is 0.891. The highest BCUT2D eigenvalue weighted by Crippen LogP contribution is 2.40. The fourth-order valence-corrected chi connectivity index (χ4v) is 2.16. The zero-order valence-electron chi connectivity index (χ0n) is 11.5. The number of nitrogens with one attached hydrogen (secondary N) is 1. The van der Waals surface area contributed by atoms with E-state index in [1.165, 1.54) is 0 Å².